The molecule has 5 heteroatoms. The van der Waals surface area contributed by atoms with Crippen molar-refractivity contribution in [3.8, 4) is 6.07 Å². The van der Waals surface area contributed by atoms with E-state index in [1.165, 1.54) is 0 Å². The van der Waals surface area contributed by atoms with Crippen molar-refractivity contribution < 1.29 is 4.74 Å². The summed E-state index contributed by atoms with van der Waals surface area (Å²) in [5.41, 5.74) is 4.96. The van der Waals surface area contributed by atoms with Gasteiger partial charge < -0.3 is 9.64 Å². The fourth-order valence-electron chi connectivity index (χ4n) is 2.98. The first-order valence-corrected chi connectivity index (χ1v) is 10.9. The lowest BCUT2D eigenvalue weighted by atomic mass is 9.84. The van der Waals surface area contributed by atoms with Gasteiger partial charge in [0.15, 0.2) is 0 Å². The topological polar surface area (TPSA) is 36.3 Å². The first-order valence-electron chi connectivity index (χ1n) is 10.1. The van der Waals surface area contributed by atoms with Gasteiger partial charge in [-0.15, -0.1) is 0 Å². The van der Waals surface area contributed by atoms with E-state index in [9.17, 15) is 5.26 Å². The summed E-state index contributed by atoms with van der Waals surface area (Å²) in [5, 5.41) is 9.60. The molecule has 1 heterocycles. The van der Waals surface area contributed by atoms with Crippen molar-refractivity contribution in [2.45, 2.75) is 34.1 Å². The number of thioether (sulfide) groups is 1. The van der Waals surface area contributed by atoms with Gasteiger partial charge in [-0.2, -0.15) is 5.26 Å². The van der Waals surface area contributed by atoms with E-state index >= 15 is 0 Å². The van der Waals surface area contributed by atoms with E-state index in [1.54, 1.807) is 11.8 Å². The molecule has 1 fully saturated rings. The molecule has 154 valence electrons. The van der Waals surface area contributed by atoms with Crippen LogP contribution in [0.4, 0.5) is 0 Å². The van der Waals surface area contributed by atoms with E-state index in [0.29, 0.717) is 6.42 Å². The van der Waals surface area contributed by atoms with E-state index in [0.717, 1.165) is 64.0 Å². The molecule has 0 amide bonds. The van der Waals surface area contributed by atoms with Gasteiger partial charge in [-0.1, -0.05) is 61.6 Å². The zero-order valence-electron chi connectivity index (χ0n) is 18.5. The molecule has 1 aliphatic heterocycles. The number of nitrogens with zero attached hydrogens (tertiary/aromatic N) is 2. The Hall–Kier alpha value is -2.16. The second-order valence-corrected chi connectivity index (χ2v) is 7.77. The largest absolute Gasteiger partial charge is 0.378 e. The van der Waals surface area contributed by atoms with E-state index in [2.05, 4.69) is 56.3 Å². The van der Waals surface area contributed by atoms with Crippen molar-refractivity contribution in [1.29, 1.82) is 5.26 Å². The van der Waals surface area contributed by atoms with Gasteiger partial charge >= 0.3 is 0 Å². The molecule has 0 spiro atoms. The van der Waals surface area contributed by atoms with Crippen LogP contribution in [-0.2, 0) is 4.74 Å². The summed E-state index contributed by atoms with van der Waals surface area (Å²) in [6.07, 6.45) is 11.0. The summed E-state index contributed by atoms with van der Waals surface area (Å²) in [4.78, 5) is 4.24. The van der Waals surface area contributed by atoms with Crippen LogP contribution in [0.2, 0.25) is 0 Å². The maximum atomic E-state index is 9.60. The van der Waals surface area contributed by atoms with Gasteiger partial charge in [0.25, 0.3) is 0 Å². The average molecular weight is 408 g/mol. The number of hydrogen-bond acceptors (Lipinski definition) is 4. The summed E-state index contributed by atoms with van der Waals surface area (Å²) >= 11 is 1.61. The normalized spacial score (nSPS) is 17.2. The minimum absolute atomic E-state index is 0.705. The molecule has 1 aliphatic rings. The molecular formula is C24H33BN2OS. The minimum Gasteiger partial charge on any atom is -0.378 e. The van der Waals surface area contributed by atoms with Crippen LogP contribution in [0, 0.1) is 11.3 Å². The Morgan fingerprint density at radius 1 is 1.14 bits per heavy atom. The van der Waals surface area contributed by atoms with E-state index in [1.807, 2.05) is 33.8 Å². The zero-order chi connectivity index (χ0) is 21.8. The molecule has 1 rings (SSSR count). The molecule has 0 aliphatic carbocycles. The van der Waals surface area contributed by atoms with Gasteiger partial charge in [-0.25, -0.2) is 0 Å². The third-order valence-electron chi connectivity index (χ3n) is 4.86. The molecule has 0 atom stereocenters. The molecule has 0 aromatic heterocycles. The summed E-state index contributed by atoms with van der Waals surface area (Å²) in [5.74, 6) is 0. The van der Waals surface area contributed by atoms with Crippen LogP contribution in [0.3, 0.4) is 0 Å². The fraction of sp³-hybridized carbons (Fsp3) is 0.375. The van der Waals surface area contributed by atoms with Crippen molar-refractivity contribution in [3.05, 3.63) is 81.2 Å². The molecule has 0 radical (unpaired) electrons. The Morgan fingerprint density at radius 3 is 2.28 bits per heavy atom. The number of allylic oxidation sites excluding steroid dienone is 9. The van der Waals surface area contributed by atoms with Gasteiger partial charge in [-0.3, -0.25) is 0 Å². The van der Waals surface area contributed by atoms with E-state index < -0.39 is 0 Å². The predicted molar refractivity (Wildman–Crippen MR) is 130 cm³/mol. The van der Waals surface area contributed by atoms with Crippen LogP contribution in [0.25, 0.3) is 0 Å². The maximum absolute atomic E-state index is 9.60. The van der Waals surface area contributed by atoms with Crippen molar-refractivity contribution in [2.24, 2.45) is 0 Å². The second-order valence-electron chi connectivity index (χ2n) is 6.64. The summed E-state index contributed by atoms with van der Waals surface area (Å²) < 4.78 is 5.41. The maximum Gasteiger partial charge on any atom is 0.139 e. The molecule has 0 saturated carbocycles. The first kappa shape index (κ1) is 24.9. The van der Waals surface area contributed by atoms with Crippen LogP contribution in [-0.4, -0.2) is 39.0 Å². The quantitative estimate of drug-likeness (QED) is 0.297. The Labute approximate surface area is 182 Å². The van der Waals surface area contributed by atoms with Crippen LogP contribution in [0.5, 0.6) is 0 Å². The lowest BCUT2D eigenvalue weighted by Crippen LogP contribution is -2.34. The lowest BCUT2D eigenvalue weighted by Gasteiger charge is -2.29. The van der Waals surface area contributed by atoms with Crippen LogP contribution in [0.15, 0.2) is 81.2 Å². The monoisotopic (exact) mass is 408 g/mol. The van der Waals surface area contributed by atoms with Crippen molar-refractivity contribution in [3.63, 3.8) is 0 Å². The van der Waals surface area contributed by atoms with Crippen LogP contribution < -0.4 is 0 Å². The highest BCUT2D eigenvalue weighted by Gasteiger charge is 2.15. The van der Waals surface area contributed by atoms with Gasteiger partial charge in [-0.05, 0) is 44.4 Å². The molecule has 0 bridgehead atoms. The lowest BCUT2D eigenvalue weighted by molar-refractivity contribution is 0.0556. The Bertz CT molecular complexity index is 803. The highest BCUT2D eigenvalue weighted by molar-refractivity contribution is 8.07. The molecule has 0 aromatic carbocycles. The summed E-state index contributed by atoms with van der Waals surface area (Å²) in [6, 6.07) is 2.37. The van der Waals surface area contributed by atoms with Gasteiger partial charge in [0.1, 0.15) is 7.85 Å². The van der Waals surface area contributed by atoms with Gasteiger partial charge in [0, 0.05) is 34.2 Å². The molecule has 0 aromatic rings. The van der Waals surface area contributed by atoms with Gasteiger partial charge in [0.05, 0.1) is 19.3 Å². The van der Waals surface area contributed by atoms with Crippen molar-refractivity contribution in [2.75, 3.05) is 26.3 Å². The molecule has 0 unspecified atom stereocenters. The minimum atomic E-state index is 0.705. The molecule has 1 saturated heterocycles. The molecular weight excluding hydrogens is 375 g/mol. The molecule has 3 nitrogen and oxygen atoms in total. The Morgan fingerprint density at radius 2 is 1.79 bits per heavy atom. The molecule has 29 heavy (non-hydrogen) atoms. The SMILES string of the molecule is BC(=C/C)/C(C(=C/C)/SC(=C)C(/C=C\C(=C)N1CCOCC1)=C/C)=C(/C#N)CC. The number of ether oxygens (including phenoxy) is 1. The highest BCUT2D eigenvalue weighted by atomic mass is 32.2. The van der Waals surface area contributed by atoms with E-state index in [-0.39, 0.29) is 0 Å². The summed E-state index contributed by atoms with van der Waals surface area (Å²) in [6.45, 7) is 19.8. The third kappa shape index (κ3) is 7.31. The van der Waals surface area contributed by atoms with E-state index in [4.69, 9.17) is 4.74 Å². The number of morpholine rings is 1. The Balaban J connectivity index is 3.02. The zero-order valence-corrected chi connectivity index (χ0v) is 19.4. The standard InChI is InChI=1S/C24H33BN2OS/c1-7-20(12-11-18(5)27-13-15-28-16-14-27)19(6)29-23(10-4)24(22(25)9-3)21(8-2)17-26/h7,9-12H,5-6,8,13-16,25H2,1-4H3/b12-11-,20-7+,22-9+,23-10-,24-21-. The average Bonchev–Trinajstić information content (AvgIpc) is 2.76. The fourth-order valence-corrected chi connectivity index (χ4v) is 4.05. The second kappa shape index (κ2) is 13.1. The number of rotatable bonds is 9. The van der Waals surface area contributed by atoms with Crippen LogP contribution >= 0.6 is 11.8 Å². The number of hydrogen-bond donors (Lipinski definition) is 0. The molecule has 0 N–H and O–H groups in total. The summed E-state index contributed by atoms with van der Waals surface area (Å²) in [7, 11) is 2.05. The third-order valence-corrected chi connectivity index (χ3v) is 6.01. The van der Waals surface area contributed by atoms with Crippen LogP contribution in [0.1, 0.15) is 34.1 Å². The Kier molecular flexibility index (Phi) is 11.3. The van der Waals surface area contributed by atoms with Crippen molar-refractivity contribution >= 4 is 19.6 Å². The smallest absolute Gasteiger partial charge is 0.139 e. The predicted octanol–water partition coefficient (Wildman–Crippen LogP) is 5.25. The van der Waals surface area contributed by atoms with Gasteiger partial charge in [0.2, 0.25) is 0 Å². The van der Waals surface area contributed by atoms with Crippen molar-refractivity contribution in [1.82, 2.24) is 4.90 Å². The first-order chi connectivity index (χ1) is 13.9. The number of nitriles is 1. The highest BCUT2D eigenvalue weighted by Crippen LogP contribution is 2.38.